The number of carbonyl (C=O) groups excluding carboxylic acids is 1. The molecule has 2 aliphatic rings. The predicted octanol–water partition coefficient (Wildman–Crippen LogP) is 1.09. The average Bonchev–Trinajstić information content (AvgIpc) is 2.79. The molecular formula is C21H25N3O5S. The van der Waals surface area contributed by atoms with Crippen molar-refractivity contribution < 1.29 is 22.7 Å². The second-order valence-corrected chi connectivity index (χ2v) is 9.03. The van der Waals surface area contributed by atoms with E-state index in [9.17, 15) is 13.2 Å². The zero-order valence-electron chi connectivity index (χ0n) is 16.6. The molecule has 0 aliphatic carbocycles. The fourth-order valence-electron chi connectivity index (χ4n) is 3.56. The van der Waals surface area contributed by atoms with Gasteiger partial charge in [-0.25, -0.2) is 8.42 Å². The monoisotopic (exact) mass is 431 g/mol. The van der Waals surface area contributed by atoms with Crippen molar-refractivity contribution in [2.24, 2.45) is 0 Å². The first kappa shape index (κ1) is 20.6. The highest BCUT2D eigenvalue weighted by Gasteiger charge is 2.37. The molecule has 1 fully saturated rings. The Hall–Kier alpha value is -2.62. The minimum absolute atomic E-state index is 0.0857. The Morgan fingerprint density at radius 2 is 1.73 bits per heavy atom. The van der Waals surface area contributed by atoms with E-state index >= 15 is 0 Å². The smallest absolute Gasteiger partial charge is 0.264 e. The lowest BCUT2D eigenvalue weighted by Crippen LogP contribution is -2.51. The third kappa shape index (κ3) is 4.43. The lowest BCUT2D eigenvalue weighted by atomic mass is 10.2. The number of ether oxygens (including phenoxy) is 2. The van der Waals surface area contributed by atoms with E-state index in [-0.39, 0.29) is 17.3 Å². The van der Waals surface area contributed by atoms with Crippen LogP contribution in [0.4, 0.5) is 5.69 Å². The van der Waals surface area contributed by atoms with Crippen LogP contribution in [0.5, 0.6) is 5.75 Å². The Labute approximate surface area is 176 Å². The number of carbonyl (C=O) groups is 1. The molecule has 1 atom stereocenters. The van der Waals surface area contributed by atoms with Gasteiger partial charge in [0.15, 0.2) is 6.10 Å². The number of fused-ring (bicyclic) bond motifs is 1. The van der Waals surface area contributed by atoms with E-state index in [1.807, 2.05) is 0 Å². The summed E-state index contributed by atoms with van der Waals surface area (Å²) >= 11 is 0. The van der Waals surface area contributed by atoms with E-state index in [0.717, 1.165) is 13.1 Å². The number of hydrogen-bond acceptors (Lipinski definition) is 6. The minimum atomic E-state index is -3.83. The van der Waals surface area contributed by atoms with Gasteiger partial charge in [0.1, 0.15) is 5.75 Å². The number of nitrogens with one attached hydrogen (secondary N) is 1. The van der Waals surface area contributed by atoms with Gasteiger partial charge in [-0.1, -0.05) is 30.3 Å². The summed E-state index contributed by atoms with van der Waals surface area (Å²) in [5.74, 6) is 0.0441. The van der Waals surface area contributed by atoms with E-state index in [2.05, 4.69) is 10.2 Å². The van der Waals surface area contributed by atoms with Gasteiger partial charge in [0, 0.05) is 26.2 Å². The molecule has 8 nitrogen and oxygen atoms in total. The van der Waals surface area contributed by atoms with Gasteiger partial charge in [0.25, 0.3) is 15.9 Å². The van der Waals surface area contributed by atoms with E-state index in [1.54, 1.807) is 54.6 Å². The highest BCUT2D eigenvalue weighted by Crippen LogP contribution is 2.36. The normalized spacial score (nSPS) is 19.6. The van der Waals surface area contributed by atoms with Gasteiger partial charge in [-0.2, -0.15) is 0 Å². The maximum absolute atomic E-state index is 13.3. The van der Waals surface area contributed by atoms with Crippen LogP contribution in [0.15, 0.2) is 59.5 Å². The molecule has 0 saturated carbocycles. The molecule has 4 rings (SSSR count). The van der Waals surface area contributed by atoms with Crippen LogP contribution in [0.3, 0.4) is 0 Å². The fraction of sp³-hybridized carbons (Fsp3) is 0.381. The maximum Gasteiger partial charge on any atom is 0.264 e. The van der Waals surface area contributed by atoms with Gasteiger partial charge in [-0.15, -0.1) is 0 Å². The summed E-state index contributed by atoms with van der Waals surface area (Å²) in [7, 11) is -3.83. The van der Waals surface area contributed by atoms with E-state index in [0.29, 0.717) is 37.7 Å². The van der Waals surface area contributed by atoms with Gasteiger partial charge < -0.3 is 14.8 Å². The molecule has 2 heterocycles. The molecule has 0 aromatic heterocycles. The Kier molecular flexibility index (Phi) is 6.21. The van der Waals surface area contributed by atoms with Gasteiger partial charge >= 0.3 is 0 Å². The van der Waals surface area contributed by atoms with E-state index in [1.165, 1.54) is 4.31 Å². The first-order valence-corrected chi connectivity index (χ1v) is 11.4. The largest absolute Gasteiger partial charge is 0.476 e. The van der Waals surface area contributed by atoms with Crippen LogP contribution in [-0.4, -0.2) is 71.3 Å². The zero-order chi connectivity index (χ0) is 21.0. The molecular weight excluding hydrogens is 406 g/mol. The highest BCUT2D eigenvalue weighted by molar-refractivity contribution is 7.92. The molecule has 2 aromatic carbocycles. The predicted molar refractivity (Wildman–Crippen MR) is 112 cm³/mol. The minimum Gasteiger partial charge on any atom is -0.476 e. The maximum atomic E-state index is 13.3. The molecule has 0 radical (unpaired) electrons. The average molecular weight is 432 g/mol. The molecule has 2 aromatic rings. The number of hydrogen-bond donors (Lipinski definition) is 1. The SMILES string of the molecule is O=C(NCCN1CCOCC1)[C@H]1CN(S(=O)(=O)c2ccccc2)c2ccccc2O1. The van der Waals surface area contributed by atoms with Crippen LogP contribution >= 0.6 is 0 Å². The van der Waals surface area contributed by atoms with Crippen LogP contribution in [-0.2, 0) is 19.6 Å². The molecule has 0 unspecified atom stereocenters. The summed E-state index contributed by atoms with van der Waals surface area (Å²) < 4.78 is 38.9. The molecule has 0 spiro atoms. The van der Waals surface area contributed by atoms with Crippen molar-refractivity contribution in [3.05, 3.63) is 54.6 Å². The molecule has 2 aliphatic heterocycles. The summed E-state index contributed by atoms with van der Waals surface area (Å²) in [5.41, 5.74) is 0.429. The number of para-hydroxylation sites is 2. The van der Waals surface area contributed by atoms with E-state index < -0.39 is 16.1 Å². The Bertz CT molecular complexity index is 977. The summed E-state index contributed by atoms with van der Waals surface area (Å²) in [5, 5.41) is 2.87. The summed E-state index contributed by atoms with van der Waals surface area (Å²) in [6, 6.07) is 15.1. The number of anilines is 1. The quantitative estimate of drug-likeness (QED) is 0.737. The number of sulfonamides is 1. The molecule has 1 N–H and O–H groups in total. The molecule has 1 amide bonds. The topological polar surface area (TPSA) is 88.2 Å². The van der Waals surface area contributed by atoms with Crippen molar-refractivity contribution in [2.75, 3.05) is 50.2 Å². The standard InChI is InChI=1S/C21H25N3O5S/c25-21(22-10-11-23-12-14-28-15-13-23)20-16-24(18-8-4-5-9-19(18)29-20)30(26,27)17-6-2-1-3-7-17/h1-9,20H,10-16H2,(H,22,25)/t20-/m1/s1. The van der Waals surface area contributed by atoms with Crippen LogP contribution in [0, 0.1) is 0 Å². The van der Waals surface area contributed by atoms with Crippen LogP contribution in [0.2, 0.25) is 0 Å². The number of morpholine rings is 1. The van der Waals surface area contributed by atoms with E-state index in [4.69, 9.17) is 9.47 Å². The molecule has 30 heavy (non-hydrogen) atoms. The Balaban J connectivity index is 1.49. The van der Waals surface area contributed by atoms with Crippen molar-refractivity contribution in [3.8, 4) is 5.75 Å². The number of benzene rings is 2. The number of amides is 1. The molecule has 0 bridgehead atoms. The van der Waals surface area contributed by atoms with Gasteiger partial charge in [-0.3, -0.25) is 14.0 Å². The third-order valence-electron chi connectivity index (χ3n) is 5.19. The van der Waals surface area contributed by atoms with Crippen molar-refractivity contribution >= 4 is 21.6 Å². The van der Waals surface area contributed by atoms with Crippen LogP contribution < -0.4 is 14.4 Å². The van der Waals surface area contributed by atoms with Crippen molar-refractivity contribution in [1.82, 2.24) is 10.2 Å². The zero-order valence-corrected chi connectivity index (χ0v) is 17.4. The van der Waals surface area contributed by atoms with Gasteiger partial charge in [0.05, 0.1) is 30.3 Å². The molecule has 1 saturated heterocycles. The third-order valence-corrected chi connectivity index (χ3v) is 6.98. The number of rotatable bonds is 6. The van der Waals surface area contributed by atoms with Crippen LogP contribution in [0.25, 0.3) is 0 Å². The first-order valence-electron chi connectivity index (χ1n) is 9.97. The van der Waals surface area contributed by atoms with Gasteiger partial charge in [-0.05, 0) is 24.3 Å². The van der Waals surface area contributed by atoms with Gasteiger partial charge in [0.2, 0.25) is 0 Å². The Morgan fingerprint density at radius 3 is 2.50 bits per heavy atom. The first-order chi connectivity index (χ1) is 14.6. The number of nitrogens with zero attached hydrogens (tertiary/aromatic N) is 2. The van der Waals surface area contributed by atoms with Crippen molar-refractivity contribution in [2.45, 2.75) is 11.0 Å². The van der Waals surface area contributed by atoms with Crippen LogP contribution in [0.1, 0.15) is 0 Å². The van der Waals surface area contributed by atoms with Crippen molar-refractivity contribution in [3.63, 3.8) is 0 Å². The molecule has 9 heteroatoms. The summed E-state index contributed by atoms with van der Waals surface area (Å²) in [6.45, 7) is 4.16. The van der Waals surface area contributed by atoms with Crippen molar-refractivity contribution in [1.29, 1.82) is 0 Å². The lowest BCUT2D eigenvalue weighted by molar-refractivity contribution is -0.127. The fourth-order valence-corrected chi connectivity index (χ4v) is 5.06. The second-order valence-electron chi connectivity index (χ2n) is 7.17. The Morgan fingerprint density at radius 1 is 1.03 bits per heavy atom. The summed E-state index contributed by atoms with van der Waals surface area (Å²) in [4.78, 5) is 15.1. The second kappa shape index (κ2) is 9.03. The highest BCUT2D eigenvalue weighted by atomic mass is 32.2. The lowest BCUT2D eigenvalue weighted by Gasteiger charge is -2.35. The summed E-state index contributed by atoms with van der Waals surface area (Å²) in [6.07, 6.45) is -0.928. The molecule has 160 valence electrons.